The van der Waals surface area contributed by atoms with Crippen molar-refractivity contribution < 1.29 is 9.59 Å². The molecule has 1 saturated heterocycles. The summed E-state index contributed by atoms with van der Waals surface area (Å²) in [4.78, 5) is 26.5. The Hall–Kier alpha value is -1.36. The number of piperazine rings is 1. The normalized spacial score (nSPS) is 21.4. The van der Waals surface area contributed by atoms with Gasteiger partial charge < -0.3 is 10.2 Å². The molecule has 3 rings (SSSR count). The van der Waals surface area contributed by atoms with Gasteiger partial charge in [0.05, 0.1) is 0 Å². The quantitative estimate of drug-likeness (QED) is 0.856. The van der Waals surface area contributed by atoms with E-state index >= 15 is 0 Å². The molecule has 1 aromatic carbocycles. The van der Waals surface area contributed by atoms with E-state index in [9.17, 15) is 9.59 Å². The molecule has 4 nitrogen and oxygen atoms in total. The Kier molecular flexibility index (Phi) is 3.32. The maximum absolute atomic E-state index is 12.8. The first-order chi connectivity index (χ1) is 9.52. The third kappa shape index (κ3) is 2.14. The molecule has 2 fully saturated rings. The van der Waals surface area contributed by atoms with Gasteiger partial charge in [0.15, 0.2) is 0 Å². The van der Waals surface area contributed by atoms with Crippen molar-refractivity contribution in [2.24, 2.45) is 0 Å². The van der Waals surface area contributed by atoms with E-state index in [1.807, 2.05) is 25.1 Å². The van der Waals surface area contributed by atoms with Crippen molar-refractivity contribution in [3.63, 3.8) is 0 Å². The van der Waals surface area contributed by atoms with Crippen molar-refractivity contribution >= 4 is 33.4 Å². The lowest BCUT2D eigenvalue weighted by Crippen LogP contribution is -2.65. The molecule has 1 spiro atoms. The summed E-state index contributed by atoms with van der Waals surface area (Å²) >= 11 is 3.42. The monoisotopic (exact) mass is 336 g/mol. The van der Waals surface area contributed by atoms with Crippen molar-refractivity contribution in [1.82, 2.24) is 5.32 Å². The first-order valence-corrected chi connectivity index (χ1v) is 7.70. The van der Waals surface area contributed by atoms with Gasteiger partial charge in [-0.2, -0.15) is 0 Å². The maximum atomic E-state index is 12.8. The average molecular weight is 337 g/mol. The fourth-order valence-electron chi connectivity index (χ4n) is 3.27. The van der Waals surface area contributed by atoms with E-state index in [0.29, 0.717) is 0 Å². The van der Waals surface area contributed by atoms with Gasteiger partial charge in [-0.1, -0.05) is 28.8 Å². The Bertz CT molecular complexity index is 579. The summed E-state index contributed by atoms with van der Waals surface area (Å²) in [6.45, 7) is 2.07. The summed E-state index contributed by atoms with van der Waals surface area (Å²) in [5.41, 5.74) is 1.17. The highest BCUT2D eigenvalue weighted by atomic mass is 79.9. The first-order valence-electron chi connectivity index (χ1n) is 6.91. The minimum absolute atomic E-state index is 0.0417. The highest BCUT2D eigenvalue weighted by molar-refractivity contribution is 9.10. The summed E-state index contributed by atoms with van der Waals surface area (Å²) in [5.74, 6) is -0.0196. The predicted octanol–water partition coefficient (Wildman–Crippen LogP) is 2.53. The number of nitrogens with one attached hydrogen (secondary N) is 1. The van der Waals surface area contributed by atoms with Crippen molar-refractivity contribution in [3.05, 3.63) is 28.2 Å². The van der Waals surface area contributed by atoms with Gasteiger partial charge in [0.2, 0.25) is 5.91 Å². The van der Waals surface area contributed by atoms with E-state index < -0.39 is 5.54 Å². The lowest BCUT2D eigenvalue weighted by atomic mass is 9.92. The van der Waals surface area contributed by atoms with Gasteiger partial charge in [-0.15, -0.1) is 0 Å². The molecule has 0 aromatic heterocycles. The van der Waals surface area contributed by atoms with Crippen molar-refractivity contribution in [2.45, 2.75) is 38.1 Å². The SMILES string of the molecule is Cc1cc(Br)ccc1N1CC(=O)NC2(CCCC2)C1=O. The molecular formula is C15H17BrN2O2. The standard InChI is InChI=1S/C15H17BrN2O2/c1-10-8-11(16)4-5-12(10)18-9-13(19)17-15(14(18)20)6-2-3-7-15/h4-5,8H,2-3,6-7,9H2,1H3,(H,17,19). The van der Waals surface area contributed by atoms with Crippen LogP contribution < -0.4 is 10.2 Å². The van der Waals surface area contributed by atoms with Gasteiger partial charge in [0.1, 0.15) is 12.1 Å². The molecule has 106 valence electrons. The topological polar surface area (TPSA) is 49.4 Å². The van der Waals surface area contributed by atoms with E-state index in [4.69, 9.17) is 0 Å². The van der Waals surface area contributed by atoms with Crippen molar-refractivity contribution in [1.29, 1.82) is 0 Å². The van der Waals surface area contributed by atoms with Crippen LogP contribution in [-0.4, -0.2) is 23.9 Å². The average Bonchev–Trinajstić information content (AvgIpc) is 2.84. The van der Waals surface area contributed by atoms with Gasteiger partial charge >= 0.3 is 0 Å². The number of hydrogen-bond donors (Lipinski definition) is 1. The van der Waals surface area contributed by atoms with Crippen LogP contribution >= 0.6 is 15.9 Å². The number of nitrogens with zero attached hydrogens (tertiary/aromatic N) is 1. The molecule has 1 N–H and O–H groups in total. The summed E-state index contributed by atoms with van der Waals surface area (Å²) in [5, 5.41) is 2.93. The van der Waals surface area contributed by atoms with Crippen LogP contribution in [0.5, 0.6) is 0 Å². The minimum atomic E-state index is -0.658. The smallest absolute Gasteiger partial charge is 0.253 e. The Balaban J connectivity index is 1.99. The number of amides is 2. The van der Waals surface area contributed by atoms with Gasteiger partial charge in [-0.25, -0.2) is 0 Å². The zero-order valence-electron chi connectivity index (χ0n) is 11.4. The molecule has 2 aliphatic rings. The second kappa shape index (κ2) is 4.88. The molecule has 20 heavy (non-hydrogen) atoms. The van der Waals surface area contributed by atoms with Gasteiger partial charge in [-0.05, 0) is 43.5 Å². The van der Waals surface area contributed by atoms with Crippen molar-refractivity contribution in [2.75, 3.05) is 11.4 Å². The minimum Gasteiger partial charge on any atom is -0.340 e. The number of benzene rings is 1. The molecule has 0 radical (unpaired) electrons. The summed E-state index contributed by atoms with van der Waals surface area (Å²) in [6, 6.07) is 5.78. The molecule has 1 heterocycles. The first kappa shape index (κ1) is 13.6. The summed E-state index contributed by atoms with van der Waals surface area (Å²) in [6.07, 6.45) is 3.51. The lowest BCUT2D eigenvalue weighted by molar-refractivity contribution is -0.135. The molecule has 5 heteroatoms. The van der Waals surface area contributed by atoms with Crippen LogP contribution in [0.1, 0.15) is 31.2 Å². The van der Waals surface area contributed by atoms with Crippen LogP contribution in [0.25, 0.3) is 0 Å². The van der Waals surface area contributed by atoms with E-state index in [1.165, 1.54) is 0 Å². The number of aryl methyl sites for hydroxylation is 1. The molecule has 2 amide bonds. The molecule has 1 aliphatic carbocycles. The molecule has 0 atom stereocenters. The molecule has 0 unspecified atom stereocenters. The Labute approximate surface area is 126 Å². The number of rotatable bonds is 1. The molecule has 1 saturated carbocycles. The molecule has 0 bridgehead atoms. The third-order valence-electron chi connectivity index (χ3n) is 4.24. The predicted molar refractivity (Wildman–Crippen MR) is 80.6 cm³/mol. The number of carbonyl (C=O) groups excluding carboxylic acids is 2. The Morgan fingerprint density at radius 1 is 1.25 bits per heavy atom. The zero-order chi connectivity index (χ0) is 14.3. The summed E-state index contributed by atoms with van der Waals surface area (Å²) in [7, 11) is 0. The van der Waals surface area contributed by atoms with E-state index in [1.54, 1.807) is 4.90 Å². The van der Waals surface area contributed by atoms with Crippen LogP contribution in [0.4, 0.5) is 5.69 Å². The zero-order valence-corrected chi connectivity index (χ0v) is 13.0. The second-order valence-corrected chi connectivity index (χ2v) is 6.58. The van der Waals surface area contributed by atoms with E-state index in [-0.39, 0.29) is 18.4 Å². The van der Waals surface area contributed by atoms with Crippen LogP contribution in [-0.2, 0) is 9.59 Å². The van der Waals surface area contributed by atoms with Crippen LogP contribution in [0.2, 0.25) is 0 Å². The van der Waals surface area contributed by atoms with Crippen molar-refractivity contribution in [3.8, 4) is 0 Å². The number of halogens is 1. The number of hydrogen-bond acceptors (Lipinski definition) is 2. The van der Waals surface area contributed by atoms with Crippen LogP contribution in [0.15, 0.2) is 22.7 Å². The highest BCUT2D eigenvalue weighted by Crippen LogP contribution is 2.36. The fraction of sp³-hybridized carbons (Fsp3) is 0.467. The second-order valence-electron chi connectivity index (χ2n) is 5.66. The fourth-order valence-corrected chi connectivity index (χ4v) is 3.74. The molecular weight excluding hydrogens is 320 g/mol. The maximum Gasteiger partial charge on any atom is 0.253 e. The van der Waals surface area contributed by atoms with Crippen LogP contribution in [0, 0.1) is 6.92 Å². The van der Waals surface area contributed by atoms with E-state index in [2.05, 4.69) is 21.2 Å². The number of anilines is 1. The third-order valence-corrected chi connectivity index (χ3v) is 4.73. The number of carbonyl (C=O) groups is 2. The Morgan fingerprint density at radius 3 is 2.60 bits per heavy atom. The largest absolute Gasteiger partial charge is 0.340 e. The Morgan fingerprint density at radius 2 is 1.95 bits per heavy atom. The van der Waals surface area contributed by atoms with Crippen LogP contribution in [0.3, 0.4) is 0 Å². The molecule has 1 aromatic rings. The van der Waals surface area contributed by atoms with E-state index in [0.717, 1.165) is 41.4 Å². The van der Waals surface area contributed by atoms with Gasteiger partial charge in [0.25, 0.3) is 5.91 Å². The lowest BCUT2D eigenvalue weighted by Gasteiger charge is -2.40. The van der Waals surface area contributed by atoms with Gasteiger partial charge in [0, 0.05) is 10.2 Å². The summed E-state index contributed by atoms with van der Waals surface area (Å²) < 4.78 is 0.975. The van der Waals surface area contributed by atoms with Gasteiger partial charge in [-0.3, -0.25) is 9.59 Å². The highest BCUT2D eigenvalue weighted by Gasteiger charge is 2.48. The molecule has 1 aliphatic heterocycles.